The summed E-state index contributed by atoms with van der Waals surface area (Å²) in [6.45, 7) is 2.47. The third kappa shape index (κ3) is 4.77. The molecule has 0 saturated heterocycles. The lowest BCUT2D eigenvalue weighted by molar-refractivity contribution is 0.552. The molecular weight excluding hydrogens is 302 g/mol. The molecule has 0 spiro atoms. The minimum absolute atomic E-state index is 0.336. The van der Waals surface area contributed by atoms with E-state index >= 15 is 0 Å². The molecule has 0 aliphatic heterocycles. The Balaban J connectivity index is 1.81. The van der Waals surface area contributed by atoms with Crippen LogP contribution in [0.1, 0.15) is 24.1 Å². The molecule has 0 amide bonds. The summed E-state index contributed by atoms with van der Waals surface area (Å²) in [6.07, 6.45) is 0.849. The van der Waals surface area contributed by atoms with Gasteiger partial charge in [-0.25, -0.2) is 8.78 Å². The first-order chi connectivity index (χ1) is 10.6. The maximum absolute atomic E-state index is 13.7. The Morgan fingerprint density at radius 3 is 2.55 bits per heavy atom. The normalized spacial score (nSPS) is 11.8. The minimum Gasteiger partial charge on any atom is -0.362 e. The lowest BCUT2D eigenvalue weighted by atomic mass is 10.1. The Morgan fingerprint density at radius 1 is 1.14 bits per heavy atom. The Labute approximate surface area is 134 Å². The van der Waals surface area contributed by atoms with Crippen molar-refractivity contribution in [3.63, 3.8) is 0 Å². The number of rotatable bonds is 5. The highest BCUT2D eigenvalue weighted by Crippen LogP contribution is 2.17. The van der Waals surface area contributed by atoms with Crippen molar-refractivity contribution in [3.8, 4) is 0 Å². The van der Waals surface area contributed by atoms with Gasteiger partial charge < -0.3 is 10.6 Å². The van der Waals surface area contributed by atoms with Gasteiger partial charge in [0, 0.05) is 18.2 Å². The first-order valence-electron chi connectivity index (χ1n) is 7.09. The van der Waals surface area contributed by atoms with Crippen molar-refractivity contribution >= 4 is 17.3 Å². The molecule has 22 heavy (non-hydrogen) atoms. The fourth-order valence-corrected chi connectivity index (χ4v) is 2.42. The molecule has 2 N–H and O–H groups in total. The van der Waals surface area contributed by atoms with E-state index in [0.29, 0.717) is 17.2 Å². The summed E-state index contributed by atoms with van der Waals surface area (Å²) in [7, 11) is 0. The molecule has 2 aromatic rings. The Bertz CT molecular complexity index is 632. The summed E-state index contributed by atoms with van der Waals surface area (Å²) >= 11 is 5.20. The zero-order chi connectivity index (χ0) is 15.9. The van der Waals surface area contributed by atoms with Crippen LogP contribution in [0.3, 0.4) is 0 Å². The molecule has 0 fully saturated rings. The van der Waals surface area contributed by atoms with E-state index < -0.39 is 11.6 Å². The van der Waals surface area contributed by atoms with Crippen molar-refractivity contribution in [2.75, 3.05) is 6.54 Å². The molecule has 0 saturated carbocycles. The highest BCUT2D eigenvalue weighted by molar-refractivity contribution is 7.80. The predicted molar refractivity (Wildman–Crippen MR) is 88.7 cm³/mol. The van der Waals surface area contributed by atoms with Gasteiger partial charge in [0.15, 0.2) is 5.11 Å². The Morgan fingerprint density at radius 2 is 1.86 bits per heavy atom. The van der Waals surface area contributed by atoms with E-state index in [2.05, 4.69) is 22.8 Å². The monoisotopic (exact) mass is 320 g/mol. The second-order valence-corrected chi connectivity index (χ2v) is 5.43. The highest BCUT2D eigenvalue weighted by atomic mass is 32.1. The Kier molecular flexibility index (Phi) is 5.83. The molecule has 0 heterocycles. The van der Waals surface area contributed by atoms with E-state index in [1.165, 1.54) is 17.7 Å². The molecule has 0 aliphatic carbocycles. The van der Waals surface area contributed by atoms with Gasteiger partial charge in [-0.15, -0.1) is 0 Å². The number of hydrogen-bond donors (Lipinski definition) is 2. The second-order valence-electron chi connectivity index (χ2n) is 5.02. The lowest BCUT2D eigenvalue weighted by Crippen LogP contribution is -2.38. The van der Waals surface area contributed by atoms with Crippen molar-refractivity contribution in [3.05, 3.63) is 71.3 Å². The van der Waals surface area contributed by atoms with Gasteiger partial charge >= 0.3 is 0 Å². The topological polar surface area (TPSA) is 24.1 Å². The molecule has 0 aliphatic rings. The summed E-state index contributed by atoms with van der Waals surface area (Å²) in [5.41, 5.74) is 1.60. The van der Waals surface area contributed by atoms with Gasteiger partial charge in [-0.2, -0.15) is 0 Å². The summed E-state index contributed by atoms with van der Waals surface area (Å²) in [5, 5.41) is 6.54. The van der Waals surface area contributed by atoms with Crippen molar-refractivity contribution in [2.45, 2.75) is 19.4 Å². The number of halogens is 2. The summed E-state index contributed by atoms with van der Waals surface area (Å²) in [5.74, 6) is -1.16. The van der Waals surface area contributed by atoms with Crippen LogP contribution in [-0.2, 0) is 6.42 Å². The first-order valence-corrected chi connectivity index (χ1v) is 7.50. The number of benzene rings is 2. The average Bonchev–Trinajstić information content (AvgIpc) is 2.48. The van der Waals surface area contributed by atoms with Crippen molar-refractivity contribution in [1.82, 2.24) is 10.6 Å². The van der Waals surface area contributed by atoms with Crippen LogP contribution >= 0.6 is 12.2 Å². The summed E-state index contributed by atoms with van der Waals surface area (Å²) < 4.78 is 26.6. The molecule has 1 atom stereocenters. The van der Waals surface area contributed by atoms with E-state index in [1.54, 1.807) is 6.92 Å². The van der Waals surface area contributed by atoms with E-state index in [1.807, 2.05) is 18.2 Å². The number of hydrogen-bond acceptors (Lipinski definition) is 1. The van der Waals surface area contributed by atoms with Crippen molar-refractivity contribution in [1.29, 1.82) is 0 Å². The average molecular weight is 320 g/mol. The number of nitrogens with one attached hydrogen (secondary N) is 2. The second kappa shape index (κ2) is 7.84. The van der Waals surface area contributed by atoms with Crippen LogP contribution in [0, 0.1) is 11.6 Å². The molecule has 0 bridgehead atoms. The van der Waals surface area contributed by atoms with Gasteiger partial charge in [0.1, 0.15) is 11.6 Å². The standard InChI is InChI=1S/C17H18F2N2S/c1-12(15-8-7-14(18)11-16(15)19)21-17(22)20-10-9-13-5-3-2-4-6-13/h2-8,11-12H,9-10H2,1H3,(H2,20,21,22)/t12-/m0/s1. The van der Waals surface area contributed by atoms with Gasteiger partial charge in [0.25, 0.3) is 0 Å². The molecule has 0 unspecified atom stereocenters. The summed E-state index contributed by atoms with van der Waals surface area (Å²) in [6, 6.07) is 13.3. The molecule has 0 aromatic heterocycles. The summed E-state index contributed by atoms with van der Waals surface area (Å²) in [4.78, 5) is 0. The van der Waals surface area contributed by atoms with Crippen molar-refractivity contribution in [2.24, 2.45) is 0 Å². The van der Waals surface area contributed by atoms with E-state index in [-0.39, 0.29) is 6.04 Å². The van der Waals surface area contributed by atoms with E-state index in [9.17, 15) is 8.78 Å². The van der Waals surface area contributed by atoms with Crippen LogP contribution < -0.4 is 10.6 Å². The first kappa shape index (κ1) is 16.4. The molecular formula is C17H18F2N2S. The van der Waals surface area contributed by atoms with Crippen LogP contribution in [0.15, 0.2) is 48.5 Å². The zero-order valence-electron chi connectivity index (χ0n) is 12.3. The third-order valence-electron chi connectivity index (χ3n) is 3.32. The minimum atomic E-state index is -0.586. The third-order valence-corrected chi connectivity index (χ3v) is 3.58. The van der Waals surface area contributed by atoms with Crippen LogP contribution in [-0.4, -0.2) is 11.7 Å². The fourth-order valence-electron chi connectivity index (χ4n) is 2.14. The smallest absolute Gasteiger partial charge is 0.166 e. The molecule has 2 nitrogen and oxygen atoms in total. The quantitative estimate of drug-likeness (QED) is 0.821. The van der Waals surface area contributed by atoms with Gasteiger partial charge in [0.2, 0.25) is 0 Å². The van der Waals surface area contributed by atoms with E-state index in [0.717, 1.165) is 12.5 Å². The predicted octanol–water partition coefficient (Wildman–Crippen LogP) is 3.73. The van der Waals surface area contributed by atoms with E-state index in [4.69, 9.17) is 12.2 Å². The van der Waals surface area contributed by atoms with Gasteiger partial charge in [-0.1, -0.05) is 36.4 Å². The molecule has 5 heteroatoms. The zero-order valence-corrected chi connectivity index (χ0v) is 13.1. The van der Waals surface area contributed by atoms with Crippen LogP contribution in [0.25, 0.3) is 0 Å². The van der Waals surface area contributed by atoms with Gasteiger partial charge in [-0.3, -0.25) is 0 Å². The highest BCUT2D eigenvalue weighted by Gasteiger charge is 2.12. The molecule has 2 rings (SSSR count). The molecule has 116 valence electrons. The maximum atomic E-state index is 13.7. The van der Waals surface area contributed by atoms with Crippen LogP contribution in [0.2, 0.25) is 0 Å². The van der Waals surface area contributed by atoms with Gasteiger partial charge in [-0.05, 0) is 37.2 Å². The number of thiocarbonyl (C=S) groups is 1. The molecule has 0 radical (unpaired) electrons. The van der Waals surface area contributed by atoms with Gasteiger partial charge in [0.05, 0.1) is 6.04 Å². The SMILES string of the molecule is C[C@H](NC(=S)NCCc1ccccc1)c1ccc(F)cc1F. The fraction of sp³-hybridized carbons (Fsp3) is 0.235. The maximum Gasteiger partial charge on any atom is 0.166 e. The van der Waals surface area contributed by atoms with Crippen molar-refractivity contribution < 1.29 is 8.78 Å². The van der Waals surface area contributed by atoms with Crippen LogP contribution in [0.4, 0.5) is 8.78 Å². The lowest BCUT2D eigenvalue weighted by Gasteiger charge is -2.18. The van der Waals surface area contributed by atoms with Crippen LogP contribution in [0.5, 0.6) is 0 Å². The molecule has 2 aromatic carbocycles. The largest absolute Gasteiger partial charge is 0.362 e. The Hall–Kier alpha value is -2.01.